The summed E-state index contributed by atoms with van der Waals surface area (Å²) in [7, 11) is 2.16. The van der Waals surface area contributed by atoms with E-state index in [9.17, 15) is 0 Å². The van der Waals surface area contributed by atoms with E-state index in [1.807, 2.05) is 186 Å². The van der Waals surface area contributed by atoms with Crippen molar-refractivity contribution in [2.45, 2.75) is 32.7 Å². The van der Waals surface area contributed by atoms with Gasteiger partial charge in [-0.1, -0.05) is 113 Å². The lowest BCUT2D eigenvalue weighted by Gasteiger charge is -2.03. The lowest BCUT2D eigenvalue weighted by Crippen LogP contribution is -2.32. The van der Waals surface area contributed by atoms with Crippen LogP contribution in [0.2, 0.25) is 0 Å². The Kier molecular flexibility index (Phi) is 10.9. The number of aryl methyl sites for hydroxylation is 5. The molecule has 0 amide bonds. The number of imidazole rings is 3. The van der Waals surface area contributed by atoms with Crippen molar-refractivity contribution in [2.24, 2.45) is 35.0 Å². The summed E-state index contributed by atoms with van der Waals surface area (Å²) in [5.41, 5.74) is 21.5. The Morgan fingerprint density at radius 3 is 1.45 bits per heavy atom. The maximum atomic E-state index is 8.37. The number of fused-ring (bicyclic) bond motifs is 35. The molecule has 0 radical (unpaired) electrons. The summed E-state index contributed by atoms with van der Waals surface area (Å²) in [5, 5.41) is 7.89. The average molecular weight is 1450 g/mol. The minimum atomic E-state index is -2.33. The van der Waals surface area contributed by atoms with E-state index in [-0.39, 0.29) is 0 Å². The molecule has 20 heteroatoms. The SMILES string of the molecule is Cn1c2ccccc2c2sc3[n+](c21)Cc1cnccc1-3.[2H]C([2H])([2H])[n+]1c2n(c3c4ccccc4n(-c4ccccc4)c31)Cc1cnccc1-2.[2H]C([2H])([2H])[n+]1c2n(c3c4ccccc4oc31)Cc1cnccc1-2.[2H]C([2H])([2H])[n+]1c2n(c3c4ccccc4sc31)Cc1cnccc1-2.[2H]C([2H])([2H])n1c2ccccc2c2sc3[n+](c21)Cc1cnccc1-3. The van der Waals surface area contributed by atoms with Crippen LogP contribution < -0.4 is 22.8 Å². The third-order valence-corrected chi connectivity index (χ3v) is 25.0. The normalized spacial score (nSPS) is 15.1. The number of benzene rings is 6. The number of para-hydroxylation sites is 5. The van der Waals surface area contributed by atoms with Gasteiger partial charge in [-0.25, -0.2) is 45.7 Å². The molecule has 0 saturated carbocycles. The minimum Gasteiger partial charge on any atom is -0.419 e. The smallest absolute Gasteiger partial charge is 0.339 e. The first-order chi connectivity index (χ1) is 57.1. The predicted octanol–water partition coefficient (Wildman–Crippen LogP) is 15.8. The molecule has 0 aliphatic carbocycles. The maximum absolute atomic E-state index is 8.37. The van der Waals surface area contributed by atoms with Crippen LogP contribution in [0, 0.1) is 0 Å². The van der Waals surface area contributed by atoms with Crippen molar-refractivity contribution < 1.29 is 43.7 Å². The molecule has 21 aromatic rings. The largest absolute Gasteiger partial charge is 0.419 e. The van der Waals surface area contributed by atoms with E-state index < -0.39 is 27.9 Å². The summed E-state index contributed by atoms with van der Waals surface area (Å²) in [5.74, 6) is 2.12. The molecule has 0 unspecified atom stereocenters. The molecule has 0 fully saturated rings. The van der Waals surface area contributed by atoms with Crippen molar-refractivity contribution in [3.63, 3.8) is 0 Å². The first-order valence-electron chi connectivity index (χ1n) is 40.6. The minimum absolute atomic E-state index is 0.392. The Morgan fingerprint density at radius 2 is 0.858 bits per heavy atom. The fourth-order valence-corrected chi connectivity index (χ4v) is 20.6. The van der Waals surface area contributed by atoms with Gasteiger partial charge in [-0.3, -0.25) is 24.9 Å². The number of thiazole rings is 2. The second-order valence-corrected chi connectivity index (χ2v) is 30.0. The van der Waals surface area contributed by atoms with Gasteiger partial charge in [0.05, 0.1) is 85.4 Å². The van der Waals surface area contributed by atoms with E-state index in [1.54, 1.807) is 53.7 Å². The van der Waals surface area contributed by atoms with Crippen molar-refractivity contribution >= 4 is 141 Å². The summed E-state index contributed by atoms with van der Waals surface area (Å²) < 4.78 is 127. The molecule has 0 bridgehead atoms. The maximum Gasteiger partial charge on any atom is 0.339 e. The molecule has 508 valence electrons. The zero-order valence-corrected chi connectivity index (χ0v) is 58.9. The van der Waals surface area contributed by atoms with Crippen molar-refractivity contribution in [1.29, 1.82) is 0 Å². The van der Waals surface area contributed by atoms with Gasteiger partial charge in [-0.2, -0.15) is 4.57 Å². The van der Waals surface area contributed by atoms with Crippen LogP contribution >= 0.6 is 34.0 Å². The van der Waals surface area contributed by atoms with Crippen molar-refractivity contribution in [3.05, 3.63) is 272 Å². The predicted molar refractivity (Wildman–Crippen MR) is 420 cm³/mol. The Balaban J connectivity index is 0.0000000894. The van der Waals surface area contributed by atoms with Crippen LogP contribution in [0.1, 0.15) is 44.3 Å². The molecule has 26 rings (SSSR count). The summed E-state index contributed by atoms with van der Waals surface area (Å²) in [6, 6.07) is 59.9. The molecule has 17 nitrogen and oxygen atoms in total. The van der Waals surface area contributed by atoms with Crippen LogP contribution in [0.25, 0.3) is 168 Å². The highest BCUT2D eigenvalue weighted by molar-refractivity contribution is 7.25. The Morgan fingerprint density at radius 1 is 0.396 bits per heavy atom. The fourth-order valence-electron chi connectivity index (χ4n) is 16.8. The molecule has 6 aromatic carbocycles. The van der Waals surface area contributed by atoms with Gasteiger partial charge in [0.25, 0.3) is 17.3 Å². The van der Waals surface area contributed by atoms with E-state index in [2.05, 4.69) is 102 Å². The number of hydrogen-bond acceptors (Lipinski definition) is 9. The Hall–Kier alpha value is -12.6. The van der Waals surface area contributed by atoms with Crippen LogP contribution in [0.3, 0.4) is 0 Å². The van der Waals surface area contributed by atoms with E-state index in [1.165, 1.54) is 55.7 Å². The van der Waals surface area contributed by atoms with Crippen molar-refractivity contribution in [1.82, 2.24) is 52.3 Å². The van der Waals surface area contributed by atoms with E-state index in [4.69, 9.17) is 20.9 Å². The van der Waals surface area contributed by atoms with Crippen LogP contribution in [0.4, 0.5) is 0 Å². The molecule has 5 aliphatic rings. The highest BCUT2D eigenvalue weighted by Gasteiger charge is 2.40. The van der Waals surface area contributed by atoms with Gasteiger partial charge in [-0.05, 0) is 103 Å². The van der Waals surface area contributed by atoms with Crippen molar-refractivity contribution in [3.8, 4) is 61.0 Å². The Bertz CT molecular complexity index is 7620. The molecule has 5 aliphatic heterocycles. The summed E-state index contributed by atoms with van der Waals surface area (Å²) >= 11 is 5.09. The number of pyridine rings is 5. The zero-order chi connectivity index (χ0) is 80.3. The number of hydrogen-bond donors (Lipinski definition) is 0. The van der Waals surface area contributed by atoms with Gasteiger partial charge in [0.1, 0.15) is 63.4 Å². The molecular formula is C86H65N16OS3+5. The van der Waals surface area contributed by atoms with Crippen LogP contribution in [0.15, 0.2) is 248 Å². The molecule has 20 heterocycles. The molecule has 0 spiro atoms. The molecule has 15 aromatic heterocycles. The molecule has 0 N–H and O–H groups in total. The lowest BCUT2D eigenvalue weighted by atomic mass is 10.2. The van der Waals surface area contributed by atoms with Crippen LogP contribution in [-0.2, 0) is 67.7 Å². The number of aromatic nitrogens is 16. The van der Waals surface area contributed by atoms with Gasteiger partial charge in [-0.15, -0.1) is 0 Å². The van der Waals surface area contributed by atoms with Crippen LogP contribution in [-0.4, -0.2) is 52.3 Å². The quantitative estimate of drug-likeness (QED) is 0.151. The van der Waals surface area contributed by atoms with Gasteiger partial charge >= 0.3 is 17.0 Å². The second-order valence-electron chi connectivity index (χ2n) is 27.0. The third kappa shape index (κ3) is 8.67. The lowest BCUT2D eigenvalue weighted by molar-refractivity contribution is -0.644. The van der Waals surface area contributed by atoms with Crippen LogP contribution in [0.5, 0.6) is 0 Å². The van der Waals surface area contributed by atoms with E-state index in [0.717, 1.165) is 137 Å². The molecular weight excluding hydrogens is 1370 g/mol. The first-order valence-corrected chi connectivity index (χ1v) is 37.1. The third-order valence-electron chi connectivity index (χ3n) is 21.3. The van der Waals surface area contributed by atoms with Gasteiger partial charge in [0.2, 0.25) is 16.2 Å². The topological polar surface area (TPSA) is 127 Å². The zero-order valence-electron chi connectivity index (χ0n) is 68.4. The van der Waals surface area contributed by atoms with E-state index in [0.29, 0.717) is 54.8 Å². The number of thiophene rings is 1. The highest BCUT2D eigenvalue weighted by atomic mass is 32.1. The molecule has 0 saturated heterocycles. The number of rotatable bonds is 1. The van der Waals surface area contributed by atoms with E-state index >= 15 is 0 Å². The van der Waals surface area contributed by atoms with Gasteiger partial charge < -0.3 is 4.42 Å². The number of furan rings is 1. The summed E-state index contributed by atoms with van der Waals surface area (Å²) in [6.07, 6.45) is 18.1. The second kappa shape index (κ2) is 23.2. The van der Waals surface area contributed by atoms with Gasteiger partial charge in [0.15, 0.2) is 21.0 Å². The monoisotopic (exact) mass is 1450 g/mol. The highest BCUT2D eigenvalue weighted by Crippen LogP contribution is 2.45. The molecule has 106 heavy (non-hydrogen) atoms. The average Bonchev–Trinajstić information content (AvgIpc) is 1.58. The number of nitrogens with zero attached hydrogens (tertiary/aromatic N) is 16. The standard InChI is InChI=1S/C22H17N4.C16H12N3O.3C16H12N3S/c1-24-21-17-11-12-23-13-15(17)14-25(21)20-18-9-5-6-10-19(18)26(22(20)24)16-7-3-2-4-8-16;1-18-15-11-6-7-17-8-10(11)9-19(15)14-12-4-2-3-5-13(12)20-16(14)18;2*1-18-13-5-3-2-4-12(13)14-15(18)19-9-10-8-17-7-6-11(10)16(19)20-14;1-18-15-11-6-7-17-8-10(11)9-19(15)14-12-4-2-3-5-13(12)20-16(14)18/h2-13H,14H2,1H3;4*2-8H,9H2,1H3/q5*+1/i3*1D3;;1D3. The summed E-state index contributed by atoms with van der Waals surface area (Å²) in [4.78, 5) is 21.8. The summed E-state index contributed by atoms with van der Waals surface area (Å²) in [6.45, 7) is -5.60. The van der Waals surface area contributed by atoms with Gasteiger partial charge in [0, 0.05) is 122 Å². The Labute approximate surface area is 634 Å². The fraction of sp³-hybridized carbons (Fsp3) is 0.116. The first kappa shape index (κ1) is 49.9. The molecule has 0 atom stereocenters. The van der Waals surface area contributed by atoms with Crippen molar-refractivity contribution in [2.75, 3.05) is 0 Å².